The minimum atomic E-state index is -0.297. The summed E-state index contributed by atoms with van der Waals surface area (Å²) in [5, 5.41) is 9.43. The fraction of sp³-hybridized carbons (Fsp3) is 1.00. The molecule has 0 aromatic rings. The molecule has 0 saturated heterocycles. The first-order chi connectivity index (χ1) is 8.03. The molecule has 0 amide bonds. The molecule has 2 atom stereocenters. The van der Waals surface area contributed by atoms with Gasteiger partial charge in [-0.2, -0.15) is 0 Å². The number of hydrogen-bond donors (Lipinski definition) is 2. The van der Waals surface area contributed by atoms with E-state index in [2.05, 4.69) is 25.7 Å². The number of hydrogen-bond acceptors (Lipinski definition) is 3. The Bertz CT molecular complexity index is 220. The summed E-state index contributed by atoms with van der Waals surface area (Å²) in [6.45, 7) is 9.17. The van der Waals surface area contributed by atoms with Crippen molar-refractivity contribution in [2.24, 2.45) is 11.7 Å². The zero-order chi connectivity index (χ0) is 12.9. The van der Waals surface area contributed by atoms with Gasteiger partial charge in [0.25, 0.3) is 0 Å². The van der Waals surface area contributed by atoms with Gasteiger partial charge >= 0.3 is 0 Å². The molecule has 0 bridgehead atoms. The topological polar surface area (TPSA) is 49.5 Å². The molecule has 0 heterocycles. The molecule has 1 rings (SSSR count). The van der Waals surface area contributed by atoms with E-state index < -0.39 is 0 Å². The number of nitrogens with two attached hydrogens (primary N) is 1. The Morgan fingerprint density at radius 2 is 2.12 bits per heavy atom. The lowest BCUT2D eigenvalue weighted by molar-refractivity contribution is 0.136. The molecule has 0 radical (unpaired) electrons. The van der Waals surface area contributed by atoms with Crippen LogP contribution < -0.4 is 5.73 Å². The molecule has 3 nitrogen and oxygen atoms in total. The van der Waals surface area contributed by atoms with E-state index in [0.29, 0.717) is 12.0 Å². The summed E-state index contributed by atoms with van der Waals surface area (Å²) >= 11 is 0. The smallest absolute Gasteiger partial charge is 0.0613 e. The van der Waals surface area contributed by atoms with Gasteiger partial charge in [0, 0.05) is 11.6 Å². The number of rotatable bonds is 7. The molecule has 0 aliphatic heterocycles. The highest BCUT2D eigenvalue weighted by atomic mass is 16.3. The van der Waals surface area contributed by atoms with Crippen molar-refractivity contribution in [2.75, 3.05) is 19.7 Å². The minimum Gasteiger partial charge on any atom is -0.394 e. The summed E-state index contributed by atoms with van der Waals surface area (Å²) < 4.78 is 0. The lowest BCUT2D eigenvalue weighted by Crippen LogP contribution is -2.48. The van der Waals surface area contributed by atoms with Crippen molar-refractivity contribution in [3.63, 3.8) is 0 Å². The van der Waals surface area contributed by atoms with Gasteiger partial charge in [0.15, 0.2) is 0 Å². The molecule has 1 fully saturated rings. The number of nitrogens with zero attached hydrogens (tertiary/aromatic N) is 1. The van der Waals surface area contributed by atoms with Crippen LogP contribution in [0.5, 0.6) is 0 Å². The predicted molar refractivity (Wildman–Crippen MR) is 73.0 cm³/mol. The summed E-state index contributed by atoms with van der Waals surface area (Å²) in [4.78, 5) is 2.52. The monoisotopic (exact) mass is 242 g/mol. The summed E-state index contributed by atoms with van der Waals surface area (Å²) in [5.41, 5.74) is 5.97. The first-order valence-corrected chi connectivity index (χ1v) is 7.17. The average molecular weight is 242 g/mol. The standard InChI is InChI=1S/C14H30N2O/c1-4-9-16(12(2)3)10-7-13-6-5-8-14(13,15)11-17/h12-13,17H,4-11,15H2,1-3H3. The summed E-state index contributed by atoms with van der Waals surface area (Å²) in [6, 6.07) is 0.609. The molecule has 2 unspecified atom stereocenters. The Morgan fingerprint density at radius 1 is 1.41 bits per heavy atom. The van der Waals surface area contributed by atoms with E-state index in [-0.39, 0.29) is 12.1 Å². The Labute approximate surface area is 106 Å². The van der Waals surface area contributed by atoms with Gasteiger partial charge in [-0.15, -0.1) is 0 Å². The molecular weight excluding hydrogens is 212 g/mol. The number of aliphatic hydroxyl groups excluding tert-OH is 1. The van der Waals surface area contributed by atoms with Crippen LogP contribution in [0.3, 0.4) is 0 Å². The minimum absolute atomic E-state index is 0.146. The summed E-state index contributed by atoms with van der Waals surface area (Å²) in [5.74, 6) is 0.505. The van der Waals surface area contributed by atoms with E-state index >= 15 is 0 Å². The maximum Gasteiger partial charge on any atom is 0.0613 e. The third-order valence-corrected chi connectivity index (χ3v) is 4.31. The van der Waals surface area contributed by atoms with Crippen LogP contribution in [-0.4, -0.2) is 41.3 Å². The van der Waals surface area contributed by atoms with E-state index in [9.17, 15) is 5.11 Å². The van der Waals surface area contributed by atoms with Crippen LogP contribution in [-0.2, 0) is 0 Å². The van der Waals surface area contributed by atoms with Crippen LogP contribution in [0.15, 0.2) is 0 Å². The maximum absolute atomic E-state index is 9.43. The summed E-state index contributed by atoms with van der Waals surface area (Å²) in [6.07, 6.45) is 5.70. The second-order valence-corrected chi connectivity index (χ2v) is 5.90. The third-order valence-electron chi connectivity index (χ3n) is 4.31. The first kappa shape index (κ1) is 14.9. The molecule has 3 N–H and O–H groups in total. The van der Waals surface area contributed by atoms with Crippen molar-refractivity contribution >= 4 is 0 Å². The highest BCUT2D eigenvalue weighted by Crippen LogP contribution is 2.35. The van der Waals surface area contributed by atoms with Crippen molar-refractivity contribution < 1.29 is 5.11 Å². The Balaban J connectivity index is 2.43. The second kappa shape index (κ2) is 6.72. The van der Waals surface area contributed by atoms with E-state index in [0.717, 1.165) is 19.4 Å². The normalized spacial score (nSPS) is 29.5. The lowest BCUT2D eigenvalue weighted by Gasteiger charge is -2.33. The second-order valence-electron chi connectivity index (χ2n) is 5.90. The first-order valence-electron chi connectivity index (χ1n) is 7.17. The molecule has 3 heteroatoms. The SMILES string of the molecule is CCCN(CCC1CCCC1(N)CO)C(C)C. The van der Waals surface area contributed by atoms with Gasteiger partial charge in [-0.1, -0.05) is 13.3 Å². The molecule has 102 valence electrons. The van der Waals surface area contributed by atoms with Crippen LogP contribution in [0.2, 0.25) is 0 Å². The van der Waals surface area contributed by atoms with Crippen LogP contribution >= 0.6 is 0 Å². The average Bonchev–Trinajstić information content (AvgIpc) is 2.66. The van der Waals surface area contributed by atoms with Gasteiger partial charge in [-0.05, 0) is 58.5 Å². The molecule has 0 aromatic heterocycles. The van der Waals surface area contributed by atoms with E-state index in [4.69, 9.17) is 5.73 Å². The molecule has 17 heavy (non-hydrogen) atoms. The lowest BCUT2D eigenvalue weighted by atomic mass is 9.86. The van der Waals surface area contributed by atoms with Crippen molar-refractivity contribution in [3.05, 3.63) is 0 Å². The van der Waals surface area contributed by atoms with Crippen LogP contribution in [0.25, 0.3) is 0 Å². The highest BCUT2D eigenvalue weighted by molar-refractivity contribution is 4.96. The Hall–Kier alpha value is -0.120. The molecule has 1 aliphatic carbocycles. The Morgan fingerprint density at radius 3 is 2.65 bits per heavy atom. The van der Waals surface area contributed by atoms with Crippen molar-refractivity contribution in [2.45, 2.75) is 64.5 Å². The largest absolute Gasteiger partial charge is 0.394 e. The van der Waals surface area contributed by atoms with Crippen molar-refractivity contribution in [1.82, 2.24) is 4.90 Å². The van der Waals surface area contributed by atoms with Gasteiger partial charge in [-0.25, -0.2) is 0 Å². The van der Waals surface area contributed by atoms with Crippen LogP contribution in [0.1, 0.15) is 52.9 Å². The van der Waals surface area contributed by atoms with E-state index in [1.165, 1.54) is 25.8 Å². The highest BCUT2D eigenvalue weighted by Gasteiger charge is 2.38. The van der Waals surface area contributed by atoms with Gasteiger partial charge in [0.1, 0.15) is 0 Å². The molecule has 1 aliphatic rings. The van der Waals surface area contributed by atoms with Crippen LogP contribution in [0, 0.1) is 5.92 Å². The number of aliphatic hydroxyl groups is 1. The molecule has 1 saturated carbocycles. The van der Waals surface area contributed by atoms with E-state index in [1.54, 1.807) is 0 Å². The van der Waals surface area contributed by atoms with Crippen LogP contribution in [0.4, 0.5) is 0 Å². The Kier molecular flexibility index (Phi) is 5.90. The van der Waals surface area contributed by atoms with Gasteiger partial charge in [0.05, 0.1) is 6.61 Å². The molecular formula is C14H30N2O. The summed E-state index contributed by atoms with van der Waals surface area (Å²) in [7, 11) is 0. The van der Waals surface area contributed by atoms with Gasteiger partial charge < -0.3 is 15.7 Å². The molecule has 0 aromatic carbocycles. The quantitative estimate of drug-likeness (QED) is 0.718. The van der Waals surface area contributed by atoms with Crippen molar-refractivity contribution in [3.8, 4) is 0 Å². The third kappa shape index (κ3) is 3.94. The fourth-order valence-corrected chi connectivity index (χ4v) is 3.05. The zero-order valence-electron chi connectivity index (χ0n) is 11.8. The predicted octanol–water partition coefficient (Wildman–Crippen LogP) is 1.99. The van der Waals surface area contributed by atoms with Crippen molar-refractivity contribution in [1.29, 1.82) is 0 Å². The van der Waals surface area contributed by atoms with E-state index in [1.807, 2.05) is 0 Å². The van der Waals surface area contributed by atoms with Gasteiger partial charge in [-0.3, -0.25) is 0 Å². The fourth-order valence-electron chi connectivity index (χ4n) is 3.05. The molecule has 0 spiro atoms. The van der Waals surface area contributed by atoms with Gasteiger partial charge in [0.2, 0.25) is 0 Å². The zero-order valence-corrected chi connectivity index (χ0v) is 11.8. The maximum atomic E-state index is 9.43.